The molecule has 5 rings (SSSR count). The summed E-state index contributed by atoms with van der Waals surface area (Å²) in [6, 6.07) is 7.88. The Labute approximate surface area is 153 Å². The minimum Gasteiger partial charge on any atom is -0.460 e. The van der Waals surface area contributed by atoms with E-state index in [9.17, 15) is 9.90 Å². The predicted molar refractivity (Wildman–Crippen MR) is 94.8 cm³/mol. The van der Waals surface area contributed by atoms with Gasteiger partial charge in [0.05, 0.1) is 9.75 Å². The molecule has 2 unspecified atom stereocenters. The number of morpholine rings is 1. The molecule has 5 nitrogen and oxygen atoms in total. The zero-order chi connectivity index (χ0) is 17.2. The molecular weight excluding hydrogens is 358 g/mol. The van der Waals surface area contributed by atoms with Gasteiger partial charge in [0, 0.05) is 24.9 Å². The van der Waals surface area contributed by atoms with Crippen molar-refractivity contribution >= 4 is 28.6 Å². The molecule has 2 bridgehead atoms. The molecule has 0 saturated carbocycles. The van der Waals surface area contributed by atoms with Crippen LogP contribution in [0.2, 0.25) is 0 Å². The summed E-state index contributed by atoms with van der Waals surface area (Å²) in [7, 11) is 2.12. The molecule has 2 aromatic heterocycles. The number of rotatable bonds is 4. The van der Waals surface area contributed by atoms with Crippen LogP contribution in [0, 0.1) is 0 Å². The molecule has 5 heterocycles. The Morgan fingerprint density at radius 3 is 2.24 bits per heavy atom. The highest BCUT2D eigenvalue weighted by Gasteiger charge is 2.63. The van der Waals surface area contributed by atoms with Gasteiger partial charge in [0.1, 0.15) is 18.3 Å². The first kappa shape index (κ1) is 16.0. The number of carbonyl (C=O) groups excluding carboxylic acids is 1. The number of hydrogen-bond donors (Lipinski definition) is 1. The molecule has 3 fully saturated rings. The predicted octanol–water partition coefficient (Wildman–Crippen LogP) is 2.20. The molecule has 3 saturated heterocycles. The van der Waals surface area contributed by atoms with Crippen molar-refractivity contribution < 1.29 is 19.4 Å². The quantitative estimate of drug-likeness (QED) is 0.654. The van der Waals surface area contributed by atoms with E-state index < -0.39 is 11.6 Å². The lowest BCUT2D eigenvalue weighted by Crippen LogP contribution is -2.49. The monoisotopic (exact) mass is 377 g/mol. The van der Waals surface area contributed by atoms with Crippen LogP contribution in [0.3, 0.4) is 0 Å². The number of ether oxygens (including phenoxy) is 2. The number of nitrogens with zero attached hydrogens (tertiary/aromatic N) is 1. The van der Waals surface area contributed by atoms with E-state index in [1.807, 2.05) is 22.9 Å². The Morgan fingerprint density at radius 2 is 1.76 bits per heavy atom. The molecule has 2 aromatic rings. The highest BCUT2D eigenvalue weighted by Crippen LogP contribution is 2.48. The summed E-state index contributed by atoms with van der Waals surface area (Å²) in [5.41, 5.74) is -1.72. The maximum Gasteiger partial charge on any atom is 0.349 e. The first-order valence-electron chi connectivity index (χ1n) is 8.48. The number of epoxide rings is 1. The van der Waals surface area contributed by atoms with Gasteiger partial charge in [0.25, 0.3) is 0 Å². The third-order valence-corrected chi connectivity index (χ3v) is 7.66. The van der Waals surface area contributed by atoms with E-state index in [-0.39, 0.29) is 6.10 Å². The molecular formula is C18H19NO4S2. The standard InChI is InChI=1S/C18H19NO4S2/c1-19-11-8-10(9-12(19)16-15(11)23-16)22-17(20)18(21,13-4-2-6-24-13)14-5-3-7-25-14/h2-7,10-12,15-16,21H,8-9H2,1H3/t10-,11+,12?,15-,16?/m1/s1. The van der Waals surface area contributed by atoms with E-state index >= 15 is 0 Å². The van der Waals surface area contributed by atoms with Crippen molar-refractivity contribution in [2.45, 2.75) is 48.8 Å². The van der Waals surface area contributed by atoms with Crippen molar-refractivity contribution in [3.05, 3.63) is 44.8 Å². The highest BCUT2D eigenvalue weighted by atomic mass is 32.1. The van der Waals surface area contributed by atoms with Gasteiger partial charge in [0.15, 0.2) is 0 Å². The van der Waals surface area contributed by atoms with Gasteiger partial charge in [-0.15, -0.1) is 22.7 Å². The fraction of sp³-hybridized carbons (Fsp3) is 0.500. The van der Waals surface area contributed by atoms with Crippen molar-refractivity contribution in [3.63, 3.8) is 0 Å². The van der Waals surface area contributed by atoms with Crippen LogP contribution in [-0.2, 0) is 19.9 Å². The van der Waals surface area contributed by atoms with Crippen LogP contribution < -0.4 is 0 Å². The van der Waals surface area contributed by atoms with Gasteiger partial charge in [-0.05, 0) is 29.9 Å². The average molecular weight is 377 g/mol. The minimum atomic E-state index is -1.72. The van der Waals surface area contributed by atoms with E-state index in [0.29, 0.717) is 34.0 Å². The van der Waals surface area contributed by atoms with Crippen molar-refractivity contribution in [1.29, 1.82) is 0 Å². The lowest BCUT2D eigenvalue weighted by molar-refractivity contribution is -0.171. The summed E-state index contributed by atoms with van der Waals surface area (Å²) in [4.78, 5) is 16.6. The zero-order valence-corrected chi connectivity index (χ0v) is 15.3. The van der Waals surface area contributed by atoms with E-state index in [0.717, 1.165) is 12.8 Å². The molecule has 3 aliphatic heterocycles. The highest BCUT2D eigenvalue weighted by molar-refractivity contribution is 7.12. The van der Waals surface area contributed by atoms with Crippen LogP contribution in [0.1, 0.15) is 22.6 Å². The van der Waals surface area contributed by atoms with Crippen molar-refractivity contribution in [1.82, 2.24) is 4.90 Å². The molecule has 1 N–H and O–H groups in total. The number of hydrogen-bond acceptors (Lipinski definition) is 7. The van der Waals surface area contributed by atoms with Gasteiger partial charge in [0.2, 0.25) is 5.60 Å². The molecule has 5 atom stereocenters. The van der Waals surface area contributed by atoms with Crippen molar-refractivity contribution in [2.75, 3.05) is 7.05 Å². The van der Waals surface area contributed by atoms with Gasteiger partial charge < -0.3 is 14.6 Å². The fourth-order valence-electron chi connectivity index (χ4n) is 4.32. The summed E-state index contributed by atoms with van der Waals surface area (Å²) in [5, 5.41) is 15.0. The van der Waals surface area contributed by atoms with Crippen LogP contribution >= 0.6 is 22.7 Å². The van der Waals surface area contributed by atoms with Gasteiger partial charge in [-0.1, -0.05) is 12.1 Å². The van der Waals surface area contributed by atoms with Gasteiger partial charge in [-0.25, -0.2) is 4.79 Å². The van der Waals surface area contributed by atoms with Crippen molar-refractivity contribution in [3.8, 4) is 0 Å². The molecule has 0 amide bonds. The maximum atomic E-state index is 13.0. The average Bonchev–Trinajstić information content (AvgIpc) is 2.97. The Bertz CT molecular complexity index is 723. The molecule has 0 radical (unpaired) electrons. The van der Waals surface area contributed by atoms with E-state index in [4.69, 9.17) is 9.47 Å². The molecule has 0 aliphatic carbocycles. The third-order valence-electron chi connectivity index (χ3n) is 5.70. The van der Waals surface area contributed by atoms with Crippen LogP contribution in [0.5, 0.6) is 0 Å². The van der Waals surface area contributed by atoms with E-state index in [1.54, 1.807) is 12.1 Å². The number of aliphatic hydroxyl groups is 1. The molecule has 0 spiro atoms. The topological polar surface area (TPSA) is 62.3 Å². The number of piperidine rings is 1. The SMILES string of the molecule is CN1C2C[C@H](OC(=O)C(O)(c3cccs3)c3cccs3)C[C@H]1[C@H]1OC21. The van der Waals surface area contributed by atoms with E-state index in [2.05, 4.69) is 11.9 Å². The third kappa shape index (κ3) is 2.34. The van der Waals surface area contributed by atoms with Gasteiger partial charge in [-0.3, -0.25) is 4.90 Å². The lowest BCUT2D eigenvalue weighted by Gasteiger charge is -2.38. The van der Waals surface area contributed by atoms with Crippen LogP contribution in [-0.4, -0.2) is 53.4 Å². The summed E-state index contributed by atoms with van der Waals surface area (Å²) < 4.78 is 11.5. The van der Waals surface area contributed by atoms with Crippen molar-refractivity contribution in [2.24, 2.45) is 0 Å². The summed E-state index contributed by atoms with van der Waals surface area (Å²) in [6.45, 7) is 0. The number of thiophene rings is 2. The normalized spacial score (nSPS) is 33.9. The molecule has 7 heteroatoms. The summed E-state index contributed by atoms with van der Waals surface area (Å²) in [6.07, 6.45) is 1.97. The summed E-state index contributed by atoms with van der Waals surface area (Å²) >= 11 is 2.73. The molecule has 132 valence electrons. The molecule has 3 aliphatic rings. The Kier molecular flexibility index (Phi) is 3.59. The number of esters is 1. The Hall–Kier alpha value is -1.25. The zero-order valence-electron chi connectivity index (χ0n) is 13.7. The first-order chi connectivity index (χ1) is 12.1. The summed E-state index contributed by atoms with van der Waals surface area (Å²) in [5.74, 6) is -0.569. The smallest absolute Gasteiger partial charge is 0.349 e. The van der Waals surface area contributed by atoms with Crippen LogP contribution in [0.25, 0.3) is 0 Å². The number of fused-ring (bicyclic) bond motifs is 5. The Balaban J connectivity index is 1.39. The lowest BCUT2D eigenvalue weighted by atomic mass is 9.97. The molecule has 0 aromatic carbocycles. The van der Waals surface area contributed by atoms with Crippen LogP contribution in [0.4, 0.5) is 0 Å². The second kappa shape index (κ2) is 5.62. The maximum absolute atomic E-state index is 13.0. The fourth-order valence-corrected chi connectivity index (χ4v) is 6.04. The number of carbonyl (C=O) groups is 1. The minimum absolute atomic E-state index is 0.165. The van der Waals surface area contributed by atoms with E-state index in [1.165, 1.54) is 22.7 Å². The first-order valence-corrected chi connectivity index (χ1v) is 10.2. The largest absolute Gasteiger partial charge is 0.460 e. The molecule has 25 heavy (non-hydrogen) atoms. The number of likely N-dealkylation sites (N-methyl/N-ethyl adjacent to an activating group) is 1. The van der Waals surface area contributed by atoms with Gasteiger partial charge in [-0.2, -0.15) is 0 Å². The Morgan fingerprint density at radius 1 is 1.20 bits per heavy atom. The van der Waals surface area contributed by atoms with Crippen LogP contribution in [0.15, 0.2) is 35.0 Å². The van der Waals surface area contributed by atoms with Gasteiger partial charge >= 0.3 is 5.97 Å². The second-order valence-corrected chi connectivity index (χ2v) is 8.92. The second-order valence-electron chi connectivity index (χ2n) is 7.03.